The highest BCUT2D eigenvalue weighted by molar-refractivity contribution is 5.82. The highest BCUT2D eigenvalue weighted by Gasteiger charge is 2.33. The first kappa shape index (κ1) is 14.7. The van der Waals surface area contributed by atoms with Gasteiger partial charge in [0.15, 0.2) is 0 Å². The summed E-state index contributed by atoms with van der Waals surface area (Å²) >= 11 is 0. The van der Waals surface area contributed by atoms with Gasteiger partial charge in [-0.3, -0.25) is 4.79 Å². The highest BCUT2D eigenvalue weighted by Crippen LogP contribution is 2.31. The Hall–Kier alpha value is -0.370. The molecule has 0 aromatic carbocycles. The van der Waals surface area contributed by atoms with Crippen LogP contribution in [0, 0.1) is 17.8 Å². The lowest BCUT2D eigenvalue weighted by Gasteiger charge is -2.35. The van der Waals surface area contributed by atoms with Crippen molar-refractivity contribution >= 4 is 5.78 Å². The Kier molecular flexibility index (Phi) is 5.64. The SMILES string of the molecule is CCCC(C)N(C)CC1C(=O)CC(C)CC1C. The van der Waals surface area contributed by atoms with E-state index >= 15 is 0 Å². The third-order valence-corrected chi connectivity index (χ3v) is 4.37. The minimum atomic E-state index is 0.274. The molecule has 100 valence electrons. The second-order valence-corrected chi connectivity index (χ2v) is 6.17. The molecular formula is C15H29NO. The molecule has 1 saturated carbocycles. The molecule has 4 atom stereocenters. The molecule has 1 fully saturated rings. The normalized spacial score (nSPS) is 31.9. The van der Waals surface area contributed by atoms with E-state index in [1.165, 1.54) is 19.3 Å². The third kappa shape index (κ3) is 4.09. The number of rotatable bonds is 5. The van der Waals surface area contributed by atoms with Gasteiger partial charge >= 0.3 is 0 Å². The molecule has 0 aromatic heterocycles. The van der Waals surface area contributed by atoms with Crippen LogP contribution in [0.25, 0.3) is 0 Å². The van der Waals surface area contributed by atoms with Crippen molar-refractivity contribution in [2.24, 2.45) is 17.8 Å². The maximum atomic E-state index is 12.1. The predicted octanol–water partition coefficient (Wildman–Crippen LogP) is 3.36. The number of ketones is 1. The van der Waals surface area contributed by atoms with Gasteiger partial charge in [0.25, 0.3) is 0 Å². The highest BCUT2D eigenvalue weighted by atomic mass is 16.1. The lowest BCUT2D eigenvalue weighted by atomic mass is 9.74. The molecule has 0 N–H and O–H groups in total. The lowest BCUT2D eigenvalue weighted by Crippen LogP contribution is -2.41. The van der Waals surface area contributed by atoms with E-state index in [1.807, 2.05) is 0 Å². The Bertz CT molecular complexity index is 251. The summed E-state index contributed by atoms with van der Waals surface area (Å²) in [5.74, 6) is 1.91. The summed E-state index contributed by atoms with van der Waals surface area (Å²) in [6.07, 6.45) is 4.45. The number of hydrogen-bond acceptors (Lipinski definition) is 2. The van der Waals surface area contributed by atoms with Crippen molar-refractivity contribution < 1.29 is 4.79 Å². The second kappa shape index (κ2) is 6.53. The fourth-order valence-corrected chi connectivity index (χ4v) is 3.10. The molecular weight excluding hydrogens is 210 g/mol. The zero-order valence-electron chi connectivity index (χ0n) is 12.2. The van der Waals surface area contributed by atoms with Crippen LogP contribution in [0.5, 0.6) is 0 Å². The monoisotopic (exact) mass is 239 g/mol. The van der Waals surface area contributed by atoms with E-state index in [4.69, 9.17) is 0 Å². The van der Waals surface area contributed by atoms with Crippen molar-refractivity contribution in [2.45, 2.75) is 59.4 Å². The summed E-state index contributed by atoms with van der Waals surface area (Å²) in [7, 11) is 2.17. The van der Waals surface area contributed by atoms with E-state index in [0.29, 0.717) is 23.7 Å². The van der Waals surface area contributed by atoms with E-state index in [-0.39, 0.29) is 5.92 Å². The van der Waals surface area contributed by atoms with Crippen LogP contribution >= 0.6 is 0 Å². The standard InChI is InChI=1S/C15H29NO/c1-6-7-13(4)16(5)10-14-12(3)8-11(2)9-15(14)17/h11-14H,6-10H2,1-5H3. The molecule has 0 amide bonds. The first-order valence-electron chi connectivity index (χ1n) is 7.18. The van der Waals surface area contributed by atoms with Crippen LogP contribution in [-0.4, -0.2) is 30.3 Å². The largest absolute Gasteiger partial charge is 0.303 e. The van der Waals surface area contributed by atoms with Crippen LogP contribution in [0.15, 0.2) is 0 Å². The molecule has 0 aliphatic heterocycles. The maximum Gasteiger partial charge on any atom is 0.137 e. The average Bonchev–Trinajstić information content (AvgIpc) is 2.23. The molecule has 0 aromatic rings. The van der Waals surface area contributed by atoms with Crippen LogP contribution in [-0.2, 0) is 4.79 Å². The lowest BCUT2D eigenvalue weighted by molar-refractivity contribution is -0.128. The van der Waals surface area contributed by atoms with E-state index in [1.54, 1.807) is 0 Å². The summed E-state index contributed by atoms with van der Waals surface area (Å²) in [5, 5.41) is 0. The zero-order chi connectivity index (χ0) is 13.0. The van der Waals surface area contributed by atoms with Gasteiger partial charge in [-0.2, -0.15) is 0 Å². The van der Waals surface area contributed by atoms with Crippen molar-refractivity contribution in [1.82, 2.24) is 4.90 Å². The molecule has 0 radical (unpaired) electrons. The molecule has 0 heterocycles. The smallest absolute Gasteiger partial charge is 0.137 e. The van der Waals surface area contributed by atoms with Gasteiger partial charge in [0.1, 0.15) is 5.78 Å². The molecule has 2 nitrogen and oxygen atoms in total. The maximum absolute atomic E-state index is 12.1. The van der Waals surface area contributed by atoms with Gasteiger partial charge in [-0.15, -0.1) is 0 Å². The van der Waals surface area contributed by atoms with Crippen molar-refractivity contribution in [3.05, 3.63) is 0 Å². The second-order valence-electron chi connectivity index (χ2n) is 6.17. The predicted molar refractivity (Wildman–Crippen MR) is 73.1 cm³/mol. The molecule has 4 unspecified atom stereocenters. The van der Waals surface area contributed by atoms with Gasteiger partial charge in [0.05, 0.1) is 0 Å². The van der Waals surface area contributed by atoms with Gasteiger partial charge in [0, 0.05) is 24.9 Å². The first-order chi connectivity index (χ1) is 7.95. The minimum Gasteiger partial charge on any atom is -0.303 e. The molecule has 0 saturated heterocycles. The molecule has 1 rings (SSSR count). The van der Waals surface area contributed by atoms with Crippen molar-refractivity contribution in [1.29, 1.82) is 0 Å². The van der Waals surface area contributed by atoms with Crippen LogP contribution in [0.1, 0.15) is 53.4 Å². The van der Waals surface area contributed by atoms with E-state index < -0.39 is 0 Å². The summed E-state index contributed by atoms with van der Waals surface area (Å²) in [4.78, 5) is 14.5. The van der Waals surface area contributed by atoms with Crippen LogP contribution < -0.4 is 0 Å². The van der Waals surface area contributed by atoms with Gasteiger partial charge in [-0.25, -0.2) is 0 Å². The van der Waals surface area contributed by atoms with Crippen LogP contribution in [0.2, 0.25) is 0 Å². The van der Waals surface area contributed by atoms with E-state index in [0.717, 1.165) is 13.0 Å². The fraction of sp³-hybridized carbons (Fsp3) is 0.933. The van der Waals surface area contributed by atoms with Crippen LogP contribution in [0.3, 0.4) is 0 Å². The topological polar surface area (TPSA) is 20.3 Å². The van der Waals surface area contributed by atoms with Gasteiger partial charge in [-0.05, 0) is 38.6 Å². The Morgan fingerprint density at radius 2 is 2.06 bits per heavy atom. The summed E-state index contributed by atoms with van der Waals surface area (Å²) in [6.45, 7) is 9.89. The molecule has 17 heavy (non-hydrogen) atoms. The number of hydrogen-bond donors (Lipinski definition) is 0. The number of carbonyl (C=O) groups excluding carboxylic acids is 1. The molecule has 1 aliphatic carbocycles. The van der Waals surface area contributed by atoms with Gasteiger partial charge < -0.3 is 4.90 Å². The Morgan fingerprint density at radius 1 is 1.41 bits per heavy atom. The third-order valence-electron chi connectivity index (χ3n) is 4.37. The van der Waals surface area contributed by atoms with Crippen LogP contribution in [0.4, 0.5) is 0 Å². The van der Waals surface area contributed by atoms with Crippen molar-refractivity contribution in [3.8, 4) is 0 Å². The average molecular weight is 239 g/mol. The van der Waals surface area contributed by atoms with E-state index in [9.17, 15) is 4.79 Å². The summed E-state index contributed by atoms with van der Waals surface area (Å²) in [6, 6.07) is 0.597. The minimum absolute atomic E-state index is 0.274. The first-order valence-corrected chi connectivity index (χ1v) is 7.18. The number of Topliss-reactive ketones (excluding diaryl/α,β-unsaturated/α-hetero) is 1. The summed E-state index contributed by atoms with van der Waals surface area (Å²) < 4.78 is 0. The van der Waals surface area contributed by atoms with E-state index in [2.05, 4.69) is 39.6 Å². The number of carbonyl (C=O) groups is 1. The Balaban J connectivity index is 2.52. The fourth-order valence-electron chi connectivity index (χ4n) is 3.10. The Morgan fingerprint density at radius 3 is 2.59 bits per heavy atom. The summed E-state index contributed by atoms with van der Waals surface area (Å²) in [5.41, 5.74) is 0. The van der Waals surface area contributed by atoms with Gasteiger partial charge in [-0.1, -0.05) is 27.2 Å². The van der Waals surface area contributed by atoms with Gasteiger partial charge in [0.2, 0.25) is 0 Å². The molecule has 0 spiro atoms. The zero-order valence-corrected chi connectivity index (χ0v) is 12.2. The molecule has 0 bridgehead atoms. The van der Waals surface area contributed by atoms with Crippen molar-refractivity contribution in [2.75, 3.05) is 13.6 Å². The quantitative estimate of drug-likeness (QED) is 0.733. The number of nitrogens with zero attached hydrogens (tertiary/aromatic N) is 1. The molecule has 1 aliphatic rings. The Labute approximate surface area is 107 Å². The molecule has 2 heteroatoms. The van der Waals surface area contributed by atoms with Crippen molar-refractivity contribution in [3.63, 3.8) is 0 Å².